The van der Waals surface area contributed by atoms with Gasteiger partial charge in [-0.1, -0.05) is 0 Å². The molecule has 0 aromatic carbocycles. The molecule has 7 heteroatoms. The molecular formula is C14H20BrNO4S. The summed E-state index contributed by atoms with van der Waals surface area (Å²) in [6, 6.07) is 1.39. The molecule has 0 aliphatic rings. The Labute approximate surface area is 137 Å². The van der Waals surface area contributed by atoms with Crippen LogP contribution < -0.4 is 5.32 Å². The molecule has 118 valence electrons. The van der Waals surface area contributed by atoms with Crippen LogP contribution in [-0.2, 0) is 19.1 Å². The van der Waals surface area contributed by atoms with E-state index < -0.39 is 6.04 Å². The Hall–Kier alpha value is -1.08. The van der Waals surface area contributed by atoms with Crippen molar-refractivity contribution in [2.24, 2.45) is 0 Å². The summed E-state index contributed by atoms with van der Waals surface area (Å²) in [5.74, 6) is -0.666. The normalized spacial score (nSPS) is 11.8. The maximum Gasteiger partial charge on any atom is 0.328 e. The predicted molar refractivity (Wildman–Crippen MR) is 86.7 cm³/mol. The molecule has 0 fully saturated rings. The molecule has 5 nitrogen and oxygen atoms in total. The van der Waals surface area contributed by atoms with Gasteiger partial charge in [0, 0.05) is 6.42 Å². The van der Waals surface area contributed by atoms with Crippen molar-refractivity contribution in [3.63, 3.8) is 0 Å². The third-order valence-electron chi connectivity index (χ3n) is 2.69. The zero-order valence-electron chi connectivity index (χ0n) is 12.4. The van der Waals surface area contributed by atoms with Gasteiger partial charge in [0.2, 0.25) is 0 Å². The number of thiophene rings is 1. The number of ether oxygens (including phenoxy) is 2. The Balaban J connectivity index is 2.67. The predicted octanol–water partition coefficient (Wildman–Crippen LogP) is 3.51. The Morgan fingerprint density at radius 3 is 2.52 bits per heavy atom. The summed E-state index contributed by atoms with van der Waals surface area (Å²) in [4.78, 5) is 23.4. The summed E-state index contributed by atoms with van der Waals surface area (Å²) in [7, 11) is 0. The van der Waals surface area contributed by atoms with Crippen molar-refractivity contribution < 1.29 is 19.1 Å². The van der Waals surface area contributed by atoms with Crippen LogP contribution in [-0.4, -0.2) is 31.2 Å². The van der Waals surface area contributed by atoms with Crippen LogP contribution in [0.2, 0.25) is 0 Å². The number of carbonyl (C=O) groups excluding carboxylic acids is 2. The average molecular weight is 378 g/mol. The molecule has 1 aromatic rings. The first-order valence-electron chi connectivity index (χ1n) is 6.82. The van der Waals surface area contributed by atoms with E-state index in [0.717, 1.165) is 14.4 Å². The number of hydrogen-bond donors (Lipinski definition) is 1. The minimum absolute atomic E-state index is 0.176. The molecule has 0 spiro atoms. The monoisotopic (exact) mass is 377 g/mol. The van der Waals surface area contributed by atoms with Crippen molar-refractivity contribution in [3.05, 3.63) is 15.4 Å². The van der Waals surface area contributed by atoms with E-state index in [0.29, 0.717) is 19.6 Å². The molecule has 1 N–H and O–H groups in total. The highest BCUT2D eigenvalue weighted by atomic mass is 79.9. The fourth-order valence-corrected chi connectivity index (χ4v) is 3.18. The summed E-state index contributed by atoms with van der Waals surface area (Å²) < 4.78 is 10.9. The number of carbonyl (C=O) groups is 2. The van der Waals surface area contributed by atoms with E-state index in [1.807, 2.05) is 13.0 Å². The largest absolute Gasteiger partial charge is 0.466 e. The van der Waals surface area contributed by atoms with Crippen LogP contribution >= 0.6 is 27.3 Å². The standard InChI is InChI=1S/C14H20BrNO4S/c1-4-19-12(17)7-6-10(14(18)20-5-2)16-11-8-9(3)13(15)21-11/h8,10,16H,4-7H2,1-3H3/t10-/m1/s1. The average Bonchev–Trinajstić information content (AvgIpc) is 2.74. The van der Waals surface area contributed by atoms with E-state index >= 15 is 0 Å². The molecule has 0 radical (unpaired) electrons. The van der Waals surface area contributed by atoms with Crippen LogP contribution in [0.1, 0.15) is 32.3 Å². The molecule has 1 heterocycles. The fourth-order valence-electron chi connectivity index (χ4n) is 1.69. The number of hydrogen-bond acceptors (Lipinski definition) is 6. The topological polar surface area (TPSA) is 64.6 Å². The van der Waals surface area contributed by atoms with Gasteiger partial charge >= 0.3 is 11.9 Å². The molecule has 0 saturated heterocycles. The first kappa shape index (κ1) is 18.0. The molecule has 0 amide bonds. The van der Waals surface area contributed by atoms with Gasteiger partial charge in [-0.15, -0.1) is 11.3 Å². The van der Waals surface area contributed by atoms with Gasteiger partial charge in [-0.25, -0.2) is 4.79 Å². The fraction of sp³-hybridized carbons (Fsp3) is 0.571. The van der Waals surface area contributed by atoms with Crippen LogP contribution in [0.15, 0.2) is 9.85 Å². The van der Waals surface area contributed by atoms with E-state index in [9.17, 15) is 9.59 Å². The highest BCUT2D eigenvalue weighted by Crippen LogP contribution is 2.32. The quantitative estimate of drug-likeness (QED) is 0.702. The molecular weight excluding hydrogens is 358 g/mol. The summed E-state index contributed by atoms with van der Waals surface area (Å²) >= 11 is 4.95. The van der Waals surface area contributed by atoms with Gasteiger partial charge in [-0.3, -0.25) is 4.79 Å². The van der Waals surface area contributed by atoms with Gasteiger partial charge in [0.05, 0.1) is 22.0 Å². The van der Waals surface area contributed by atoms with E-state index in [2.05, 4.69) is 21.2 Å². The molecule has 0 saturated carbocycles. The Morgan fingerprint density at radius 1 is 1.33 bits per heavy atom. The van der Waals surface area contributed by atoms with E-state index in [1.165, 1.54) is 11.3 Å². The highest BCUT2D eigenvalue weighted by Gasteiger charge is 2.22. The zero-order chi connectivity index (χ0) is 15.8. The van der Waals surface area contributed by atoms with E-state index in [4.69, 9.17) is 9.47 Å². The second-order valence-corrected chi connectivity index (χ2v) is 6.73. The van der Waals surface area contributed by atoms with Gasteiger partial charge in [-0.2, -0.15) is 0 Å². The summed E-state index contributed by atoms with van der Waals surface area (Å²) in [6.07, 6.45) is 0.516. The molecule has 21 heavy (non-hydrogen) atoms. The molecule has 1 rings (SSSR count). The van der Waals surface area contributed by atoms with Gasteiger partial charge in [0.25, 0.3) is 0 Å². The second kappa shape index (κ2) is 9.04. The maximum atomic E-state index is 12.0. The zero-order valence-corrected chi connectivity index (χ0v) is 14.8. The first-order chi connectivity index (χ1) is 9.97. The molecule has 0 bridgehead atoms. The van der Waals surface area contributed by atoms with Crippen molar-refractivity contribution >= 4 is 44.2 Å². The molecule has 0 aliphatic heterocycles. The minimum Gasteiger partial charge on any atom is -0.466 e. The molecule has 0 aliphatic carbocycles. The van der Waals surface area contributed by atoms with Crippen molar-refractivity contribution in [1.82, 2.24) is 0 Å². The number of rotatable bonds is 8. The van der Waals surface area contributed by atoms with Crippen LogP contribution in [0.4, 0.5) is 5.00 Å². The summed E-state index contributed by atoms with van der Waals surface area (Å²) in [5.41, 5.74) is 1.09. The highest BCUT2D eigenvalue weighted by molar-refractivity contribution is 9.11. The Kier molecular flexibility index (Phi) is 7.74. The van der Waals surface area contributed by atoms with Crippen LogP contribution in [0.3, 0.4) is 0 Å². The number of aryl methyl sites for hydroxylation is 1. The molecule has 0 unspecified atom stereocenters. The Morgan fingerprint density at radius 2 is 2.00 bits per heavy atom. The van der Waals surface area contributed by atoms with Crippen LogP contribution in [0.25, 0.3) is 0 Å². The first-order valence-corrected chi connectivity index (χ1v) is 8.43. The number of nitrogens with one attached hydrogen (secondary N) is 1. The smallest absolute Gasteiger partial charge is 0.328 e. The van der Waals surface area contributed by atoms with Crippen molar-refractivity contribution in [2.45, 2.75) is 39.7 Å². The number of halogens is 1. The summed E-state index contributed by atoms with van der Waals surface area (Å²) in [6.45, 7) is 6.14. The van der Waals surface area contributed by atoms with Gasteiger partial charge in [0.15, 0.2) is 0 Å². The van der Waals surface area contributed by atoms with E-state index in [-0.39, 0.29) is 18.4 Å². The van der Waals surface area contributed by atoms with Crippen molar-refractivity contribution in [3.8, 4) is 0 Å². The lowest BCUT2D eigenvalue weighted by Gasteiger charge is -2.16. The number of esters is 2. The van der Waals surface area contributed by atoms with Gasteiger partial charge in [-0.05, 0) is 54.8 Å². The van der Waals surface area contributed by atoms with E-state index in [1.54, 1.807) is 13.8 Å². The Bertz CT molecular complexity index is 470. The number of anilines is 1. The lowest BCUT2D eigenvalue weighted by Crippen LogP contribution is -2.32. The lowest BCUT2D eigenvalue weighted by atomic mass is 10.1. The van der Waals surface area contributed by atoms with Gasteiger partial charge in [0.1, 0.15) is 6.04 Å². The van der Waals surface area contributed by atoms with Crippen molar-refractivity contribution in [2.75, 3.05) is 18.5 Å². The third kappa shape index (κ3) is 6.05. The maximum absolute atomic E-state index is 12.0. The second-order valence-electron chi connectivity index (χ2n) is 4.36. The van der Waals surface area contributed by atoms with Gasteiger partial charge < -0.3 is 14.8 Å². The SMILES string of the molecule is CCOC(=O)CC[C@@H](Nc1cc(C)c(Br)s1)C(=O)OCC. The lowest BCUT2D eigenvalue weighted by molar-refractivity contribution is -0.145. The minimum atomic E-state index is -0.556. The molecule has 1 aromatic heterocycles. The van der Waals surface area contributed by atoms with Crippen LogP contribution in [0.5, 0.6) is 0 Å². The summed E-state index contributed by atoms with van der Waals surface area (Å²) in [5, 5.41) is 3.99. The molecule has 1 atom stereocenters. The van der Waals surface area contributed by atoms with Crippen molar-refractivity contribution in [1.29, 1.82) is 0 Å². The van der Waals surface area contributed by atoms with Crippen LogP contribution in [0, 0.1) is 6.92 Å². The third-order valence-corrected chi connectivity index (χ3v) is 4.76.